The highest BCUT2D eigenvalue weighted by molar-refractivity contribution is 5.83. The van der Waals surface area contributed by atoms with E-state index >= 15 is 0 Å². The molecule has 2 heteroatoms. The van der Waals surface area contributed by atoms with E-state index in [1.165, 1.54) is 12.0 Å². The molecule has 0 radical (unpaired) electrons. The number of ether oxygens (including phenoxy) is 1. The maximum absolute atomic E-state index is 11.5. The van der Waals surface area contributed by atoms with Crippen LogP contribution in [0.15, 0.2) is 23.3 Å². The Kier molecular flexibility index (Phi) is 2.69. The summed E-state index contributed by atoms with van der Waals surface area (Å²) in [6.07, 6.45) is 5.04. The van der Waals surface area contributed by atoms with Crippen molar-refractivity contribution in [1.29, 1.82) is 0 Å². The summed E-state index contributed by atoms with van der Waals surface area (Å²) in [7, 11) is 0. The first-order valence-corrected chi connectivity index (χ1v) is 6.03. The average Bonchev–Trinajstić information content (AvgIpc) is 2.16. The lowest BCUT2D eigenvalue weighted by Gasteiger charge is -2.56. The zero-order valence-electron chi connectivity index (χ0n) is 10.5. The predicted molar refractivity (Wildman–Crippen MR) is 63.9 cm³/mol. The Labute approximate surface area is 97.4 Å². The second-order valence-corrected chi connectivity index (χ2v) is 5.45. The SMILES string of the molecule is CCOC(=O)/C=C1/C=C(C)C2CC1C2(C)C. The largest absolute Gasteiger partial charge is 0.463 e. The highest BCUT2D eigenvalue weighted by atomic mass is 16.5. The number of carbonyl (C=O) groups excluding carboxylic acids is 1. The van der Waals surface area contributed by atoms with Crippen LogP contribution >= 0.6 is 0 Å². The Morgan fingerprint density at radius 2 is 2.25 bits per heavy atom. The molecule has 2 nitrogen and oxygen atoms in total. The first-order valence-electron chi connectivity index (χ1n) is 6.03. The molecule has 88 valence electrons. The Morgan fingerprint density at radius 3 is 2.75 bits per heavy atom. The summed E-state index contributed by atoms with van der Waals surface area (Å²) in [6.45, 7) is 9.03. The van der Waals surface area contributed by atoms with Crippen LogP contribution in [0.2, 0.25) is 0 Å². The molecule has 2 unspecified atom stereocenters. The number of hydrogen-bond donors (Lipinski definition) is 0. The third-order valence-corrected chi connectivity index (χ3v) is 4.19. The molecule has 16 heavy (non-hydrogen) atoms. The van der Waals surface area contributed by atoms with Gasteiger partial charge >= 0.3 is 5.97 Å². The third-order valence-electron chi connectivity index (χ3n) is 4.19. The lowest BCUT2D eigenvalue weighted by atomic mass is 9.47. The molecule has 0 aromatic carbocycles. The van der Waals surface area contributed by atoms with E-state index in [0.29, 0.717) is 23.9 Å². The van der Waals surface area contributed by atoms with Crippen molar-refractivity contribution in [2.75, 3.05) is 6.61 Å². The van der Waals surface area contributed by atoms with Gasteiger partial charge in [-0.25, -0.2) is 4.79 Å². The summed E-state index contributed by atoms with van der Waals surface area (Å²) >= 11 is 0. The molecule has 2 atom stereocenters. The van der Waals surface area contributed by atoms with Gasteiger partial charge in [-0.3, -0.25) is 0 Å². The number of carbonyl (C=O) groups is 1. The summed E-state index contributed by atoms with van der Waals surface area (Å²) in [6, 6.07) is 0. The first kappa shape index (κ1) is 11.4. The van der Waals surface area contributed by atoms with Crippen molar-refractivity contribution in [2.24, 2.45) is 17.3 Å². The van der Waals surface area contributed by atoms with E-state index in [0.717, 1.165) is 5.57 Å². The highest BCUT2D eigenvalue weighted by Crippen LogP contribution is 2.60. The lowest BCUT2D eigenvalue weighted by molar-refractivity contribution is -0.137. The molecule has 0 aromatic heterocycles. The van der Waals surface area contributed by atoms with Crippen molar-refractivity contribution in [3.8, 4) is 0 Å². The molecule has 1 fully saturated rings. The molecule has 3 aliphatic carbocycles. The summed E-state index contributed by atoms with van der Waals surface area (Å²) < 4.78 is 4.97. The summed E-state index contributed by atoms with van der Waals surface area (Å²) in [5.74, 6) is 1.03. The lowest BCUT2D eigenvalue weighted by Crippen LogP contribution is -2.48. The molecule has 0 heterocycles. The van der Waals surface area contributed by atoms with Gasteiger partial charge in [-0.2, -0.15) is 0 Å². The van der Waals surface area contributed by atoms with Gasteiger partial charge in [0, 0.05) is 6.08 Å². The second-order valence-electron chi connectivity index (χ2n) is 5.45. The van der Waals surface area contributed by atoms with Gasteiger partial charge in [0.05, 0.1) is 6.61 Å². The fourth-order valence-electron chi connectivity index (χ4n) is 3.19. The standard InChI is InChI=1S/C14H20O2/c1-5-16-13(15)7-10-6-9(2)11-8-12(10)14(11,3)4/h6-7,11-12H,5,8H2,1-4H3/b10-7-. The van der Waals surface area contributed by atoms with Crippen LogP contribution in [-0.4, -0.2) is 12.6 Å². The van der Waals surface area contributed by atoms with Crippen molar-refractivity contribution in [3.63, 3.8) is 0 Å². The van der Waals surface area contributed by atoms with E-state index in [1.54, 1.807) is 6.08 Å². The Bertz CT molecular complexity index is 374. The number of esters is 1. The van der Waals surface area contributed by atoms with Gasteiger partial charge in [0.15, 0.2) is 0 Å². The quantitative estimate of drug-likeness (QED) is 0.528. The van der Waals surface area contributed by atoms with Crippen LogP contribution in [-0.2, 0) is 9.53 Å². The minimum atomic E-state index is -0.206. The zero-order chi connectivity index (χ0) is 11.9. The monoisotopic (exact) mass is 220 g/mol. The van der Waals surface area contributed by atoms with Gasteiger partial charge in [0.2, 0.25) is 0 Å². The summed E-state index contributed by atoms with van der Waals surface area (Å²) in [5, 5.41) is 0. The van der Waals surface area contributed by atoms with Crippen LogP contribution < -0.4 is 0 Å². The average molecular weight is 220 g/mol. The molecular formula is C14H20O2. The Morgan fingerprint density at radius 1 is 1.56 bits per heavy atom. The molecule has 1 saturated carbocycles. The molecule has 2 bridgehead atoms. The summed E-state index contributed by atoms with van der Waals surface area (Å²) in [5.41, 5.74) is 2.88. The van der Waals surface area contributed by atoms with Crippen molar-refractivity contribution in [3.05, 3.63) is 23.3 Å². The van der Waals surface area contributed by atoms with Gasteiger partial charge in [-0.1, -0.05) is 25.5 Å². The zero-order valence-corrected chi connectivity index (χ0v) is 10.5. The molecule has 3 rings (SSSR count). The second kappa shape index (κ2) is 3.76. The molecule has 0 aromatic rings. The van der Waals surface area contributed by atoms with Gasteiger partial charge in [-0.15, -0.1) is 0 Å². The smallest absolute Gasteiger partial charge is 0.331 e. The molecule has 0 N–H and O–H groups in total. The maximum atomic E-state index is 11.5. The molecule has 0 saturated heterocycles. The van der Waals surface area contributed by atoms with Crippen molar-refractivity contribution in [1.82, 2.24) is 0 Å². The summed E-state index contributed by atoms with van der Waals surface area (Å²) in [4.78, 5) is 11.5. The minimum Gasteiger partial charge on any atom is -0.463 e. The number of hydrogen-bond acceptors (Lipinski definition) is 2. The minimum absolute atomic E-state index is 0.206. The predicted octanol–water partition coefficient (Wildman–Crippen LogP) is 3.10. The normalized spacial score (nSPS) is 33.0. The highest BCUT2D eigenvalue weighted by Gasteiger charge is 2.52. The molecule has 3 aliphatic rings. The number of rotatable bonds is 2. The molecule has 0 amide bonds. The van der Waals surface area contributed by atoms with Crippen LogP contribution in [0, 0.1) is 17.3 Å². The van der Waals surface area contributed by atoms with Crippen molar-refractivity contribution < 1.29 is 9.53 Å². The van der Waals surface area contributed by atoms with E-state index in [2.05, 4.69) is 26.8 Å². The fourth-order valence-corrected chi connectivity index (χ4v) is 3.19. The van der Waals surface area contributed by atoms with Crippen LogP contribution in [0.25, 0.3) is 0 Å². The molecule has 0 aliphatic heterocycles. The number of allylic oxidation sites excluding steroid dienone is 3. The van der Waals surface area contributed by atoms with Gasteiger partial charge in [0.1, 0.15) is 0 Å². The van der Waals surface area contributed by atoms with Gasteiger partial charge in [0.25, 0.3) is 0 Å². The van der Waals surface area contributed by atoms with Crippen molar-refractivity contribution in [2.45, 2.75) is 34.1 Å². The maximum Gasteiger partial charge on any atom is 0.331 e. The van der Waals surface area contributed by atoms with Crippen LogP contribution in [0.3, 0.4) is 0 Å². The van der Waals surface area contributed by atoms with Crippen molar-refractivity contribution >= 4 is 5.97 Å². The fraction of sp³-hybridized carbons (Fsp3) is 0.643. The topological polar surface area (TPSA) is 26.3 Å². The van der Waals surface area contributed by atoms with Crippen LogP contribution in [0.4, 0.5) is 0 Å². The van der Waals surface area contributed by atoms with E-state index < -0.39 is 0 Å². The van der Waals surface area contributed by atoms with Crippen LogP contribution in [0.5, 0.6) is 0 Å². The molecule has 0 spiro atoms. The molecular weight excluding hydrogens is 200 g/mol. The van der Waals surface area contributed by atoms with Gasteiger partial charge < -0.3 is 4.74 Å². The third kappa shape index (κ3) is 1.60. The van der Waals surface area contributed by atoms with E-state index in [9.17, 15) is 4.79 Å². The Hall–Kier alpha value is -1.05. The van der Waals surface area contributed by atoms with E-state index in [1.807, 2.05) is 6.92 Å². The van der Waals surface area contributed by atoms with Crippen LogP contribution in [0.1, 0.15) is 34.1 Å². The first-order chi connectivity index (χ1) is 7.46. The van der Waals surface area contributed by atoms with E-state index in [4.69, 9.17) is 4.74 Å². The van der Waals surface area contributed by atoms with E-state index in [-0.39, 0.29) is 5.97 Å². The number of fused-ring (bicyclic) bond motifs is 1. The Balaban J connectivity index is 2.24. The van der Waals surface area contributed by atoms with Gasteiger partial charge in [-0.05, 0) is 43.1 Å².